The van der Waals surface area contributed by atoms with Gasteiger partial charge in [0.2, 0.25) is 5.91 Å². The van der Waals surface area contributed by atoms with Crippen LogP contribution in [0.15, 0.2) is 18.2 Å². The van der Waals surface area contributed by atoms with Crippen LogP contribution >= 0.6 is 34.5 Å². The van der Waals surface area contributed by atoms with Crippen molar-refractivity contribution in [1.29, 1.82) is 0 Å². The number of thiazole rings is 1. The van der Waals surface area contributed by atoms with Crippen molar-refractivity contribution in [2.75, 3.05) is 5.32 Å². The summed E-state index contributed by atoms with van der Waals surface area (Å²) in [7, 11) is 0. The third-order valence-corrected chi connectivity index (χ3v) is 5.29. The van der Waals surface area contributed by atoms with Crippen LogP contribution in [-0.4, -0.2) is 10.9 Å². The number of fused-ring (bicyclic) bond motifs is 1. The number of aryl methyl sites for hydroxylation is 2. The second-order valence-corrected chi connectivity index (χ2v) is 7.23. The highest BCUT2D eigenvalue weighted by atomic mass is 35.5. The summed E-state index contributed by atoms with van der Waals surface area (Å²) in [6, 6.07) is 5.19. The SMILES string of the molecule is Cc1nc2c(s1)CC(C(=O)Nc1c(Cl)cccc1Cl)CC2. The first-order valence-electron chi connectivity index (χ1n) is 6.74. The molecule has 6 heteroatoms. The topological polar surface area (TPSA) is 42.0 Å². The van der Waals surface area contributed by atoms with Crippen molar-refractivity contribution in [3.8, 4) is 0 Å². The Morgan fingerprint density at radius 2 is 2.10 bits per heavy atom. The summed E-state index contributed by atoms with van der Waals surface area (Å²) in [5.74, 6) is -0.0774. The van der Waals surface area contributed by atoms with E-state index in [4.69, 9.17) is 23.2 Å². The van der Waals surface area contributed by atoms with E-state index < -0.39 is 0 Å². The van der Waals surface area contributed by atoms with Gasteiger partial charge in [0.05, 0.1) is 26.4 Å². The number of rotatable bonds is 2. The van der Waals surface area contributed by atoms with Crippen LogP contribution in [0, 0.1) is 12.8 Å². The van der Waals surface area contributed by atoms with Gasteiger partial charge in [0.1, 0.15) is 0 Å². The van der Waals surface area contributed by atoms with Crippen LogP contribution in [-0.2, 0) is 17.6 Å². The number of benzene rings is 1. The van der Waals surface area contributed by atoms with E-state index in [-0.39, 0.29) is 11.8 Å². The highest BCUT2D eigenvalue weighted by Gasteiger charge is 2.27. The Kier molecular flexibility index (Phi) is 4.20. The molecule has 3 nitrogen and oxygen atoms in total. The van der Waals surface area contributed by atoms with Crippen molar-refractivity contribution in [2.24, 2.45) is 5.92 Å². The predicted molar refractivity (Wildman–Crippen MR) is 87.5 cm³/mol. The van der Waals surface area contributed by atoms with Crippen LogP contribution in [0.4, 0.5) is 5.69 Å². The highest BCUT2D eigenvalue weighted by molar-refractivity contribution is 7.11. The lowest BCUT2D eigenvalue weighted by Crippen LogP contribution is -2.28. The molecule has 1 aliphatic carbocycles. The van der Waals surface area contributed by atoms with E-state index in [1.165, 1.54) is 4.88 Å². The second kappa shape index (κ2) is 5.95. The smallest absolute Gasteiger partial charge is 0.227 e. The quantitative estimate of drug-likeness (QED) is 0.874. The van der Waals surface area contributed by atoms with E-state index in [2.05, 4.69) is 10.3 Å². The zero-order valence-electron chi connectivity index (χ0n) is 11.5. The summed E-state index contributed by atoms with van der Waals surface area (Å²) in [5, 5.41) is 4.85. The summed E-state index contributed by atoms with van der Waals surface area (Å²) < 4.78 is 0. The fourth-order valence-corrected chi connectivity index (χ4v) is 4.12. The van der Waals surface area contributed by atoms with Gasteiger partial charge in [-0.15, -0.1) is 11.3 Å². The zero-order chi connectivity index (χ0) is 15.0. The summed E-state index contributed by atoms with van der Waals surface area (Å²) in [4.78, 5) is 18.2. The van der Waals surface area contributed by atoms with E-state index in [0.29, 0.717) is 15.7 Å². The Bertz CT molecular complexity index is 679. The van der Waals surface area contributed by atoms with Gasteiger partial charge in [0, 0.05) is 10.8 Å². The van der Waals surface area contributed by atoms with Crippen molar-refractivity contribution in [2.45, 2.75) is 26.2 Å². The van der Waals surface area contributed by atoms with Crippen LogP contribution in [0.25, 0.3) is 0 Å². The zero-order valence-corrected chi connectivity index (χ0v) is 13.8. The minimum Gasteiger partial charge on any atom is -0.323 e. The van der Waals surface area contributed by atoms with Crippen LogP contribution in [0.1, 0.15) is 22.0 Å². The lowest BCUT2D eigenvalue weighted by molar-refractivity contribution is -0.120. The van der Waals surface area contributed by atoms with E-state index in [0.717, 1.165) is 30.0 Å². The number of carbonyl (C=O) groups is 1. The van der Waals surface area contributed by atoms with Gasteiger partial charge in [-0.3, -0.25) is 4.79 Å². The highest BCUT2D eigenvalue weighted by Crippen LogP contribution is 2.33. The van der Waals surface area contributed by atoms with E-state index >= 15 is 0 Å². The number of nitrogens with one attached hydrogen (secondary N) is 1. The summed E-state index contributed by atoms with van der Waals surface area (Å²) in [6.45, 7) is 2.00. The fourth-order valence-electron chi connectivity index (χ4n) is 2.57. The molecule has 1 aromatic carbocycles. The molecule has 1 amide bonds. The average Bonchev–Trinajstić information content (AvgIpc) is 2.81. The largest absolute Gasteiger partial charge is 0.323 e. The number of carbonyl (C=O) groups excluding carboxylic acids is 1. The van der Waals surface area contributed by atoms with Crippen molar-refractivity contribution < 1.29 is 4.79 Å². The summed E-state index contributed by atoms with van der Waals surface area (Å²) >= 11 is 13.9. The number of anilines is 1. The second-order valence-electron chi connectivity index (χ2n) is 5.13. The van der Waals surface area contributed by atoms with Crippen molar-refractivity contribution in [1.82, 2.24) is 4.98 Å². The molecule has 2 aromatic rings. The van der Waals surface area contributed by atoms with Gasteiger partial charge in [-0.05, 0) is 38.3 Å². The standard InChI is InChI=1S/C15H14Cl2N2OS/c1-8-18-12-6-5-9(7-13(12)21-8)15(20)19-14-10(16)3-2-4-11(14)17/h2-4,9H,5-7H2,1H3,(H,19,20). The molecule has 0 bridgehead atoms. The molecule has 1 aromatic heterocycles. The molecule has 0 spiro atoms. The maximum atomic E-state index is 12.4. The van der Waals surface area contributed by atoms with Crippen molar-refractivity contribution in [3.63, 3.8) is 0 Å². The molecular formula is C15H14Cl2N2OS. The van der Waals surface area contributed by atoms with E-state index in [1.54, 1.807) is 29.5 Å². The van der Waals surface area contributed by atoms with Gasteiger partial charge in [0.15, 0.2) is 0 Å². The van der Waals surface area contributed by atoms with Crippen molar-refractivity contribution >= 4 is 46.1 Å². The van der Waals surface area contributed by atoms with E-state index in [1.807, 2.05) is 6.92 Å². The first kappa shape index (κ1) is 14.8. The van der Waals surface area contributed by atoms with Gasteiger partial charge >= 0.3 is 0 Å². The molecule has 3 rings (SSSR count). The Morgan fingerprint density at radius 1 is 1.38 bits per heavy atom. The molecule has 0 saturated carbocycles. The van der Waals surface area contributed by atoms with Crippen LogP contribution in [0.3, 0.4) is 0 Å². The molecule has 0 radical (unpaired) electrons. The van der Waals surface area contributed by atoms with Gasteiger partial charge in [-0.2, -0.15) is 0 Å². The molecule has 1 atom stereocenters. The molecule has 1 heterocycles. The molecule has 1 N–H and O–H groups in total. The first-order chi connectivity index (χ1) is 10.0. The number of halogens is 2. The molecule has 1 aliphatic rings. The lowest BCUT2D eigenvalue weighted by Gasteiger charge is -2.21. The lowest BCUT2D eigenvalue weighted by atomic mass is 9.90. The first-order valence-corrected chi connectivity index (χ1v) is 8.32. The number of para-hydroxylation sites is 1. The maximum absolute atomic E-state index is 12.4. The molecule has 0 saturated heterocycles. The third-order valence-electron chi connectivity index (χ3n) is 3.63. The number of nitrogens with zero attached hydrogens (tertiary/aromatic N) is 1. The monoisotopic (exact) mass is 340 g/mol. The van der Waals surface area contributed by atoms with Crippen LogP contribution in [0.2, 0.25) is 10.0 Å². The van der Waals surface area contributed by atoms with Gasteiger partial charge in [0.25, 0.3) is 0 Å². The Balaban J connectivity index is 1.75. The van der Waals surface area contributed by atoms with Crippen LogP contribution < -0.4 is 5.32 Å². The molecule has 0 fully saturated rings. The van der Waals surface area contributed by atoms with Gasteiger partial charge in [-0.1, -0.05) is 29.3 Å². The molecule has 1 unspecified atom stereocenters. The molecule has 21 heavy (non-hydrogen) atoms. The van der Waals surface area contributed by atoms with E-state index in [9.17, 15) is 4.79 Å². The Hall–Kier alpha value is -1.10. The molecule has 0 aliphatic heterocycles. The van der Waals surface area contributed by atoms with Crippen LogP contribution in [0.5, 0.6) is 0 Å². The molecule has 110 valence electrons. The maximum Gasteiger partial charge on any atom is 0.227 e. The normalized spacial score (nSPS) is 17.4. The minimum absolute atomic E-state index is 0.0262. The number of hydrogen-bond donors (Lipinski definition) is 1. The summed E-state index contributed by atoms with van der Waals surface area (Å²) in [6.07, 6.45) is 2.41. The Labute approximate surface area is 137 Å². The number of amides is 1. The molecular weight excluding hydrogens is 327 g/mol. The minimum atomic E-state index is -0.0512. The fraction of sp³-hybridized carbons (Fsp3) is 0.333. The Morgan fingerprint density at radius 3 is 2.81 bits per heavy atom. The predicted octanol–water partition coefficient (Wildman–Crippen LogP) is 4.50. The van der Waals surface area contributed by atoms with Gasteiger partial charge < -0.3 is 5.32 Å². The third kappa shape index (κ3) is 3.07. The number of aromatic nitrogens is 1. The number of hydrogen-bond acceptors (Lipinski definition) is 3. The average molecular weight is 341 g/mol. The summed E-state index contributed by atoms with van der Waals surface area (Å²) in [5.41, 5.74) is 1.65. The van der Waals surface area contributed by atoms with Gasteiger partial charge in [-0.25, -0.2) is 4.98 Å². The van der Waals surface area contributed by atoms with Crippen molar-refractivity contribution in [3.05, 3.63) is 43.8 Å².